The van der Waals surface area contributed by atoms with E-state index in [1.165, 1.54) is 20.4 Å². The molecule has 1 heterocycles. The molecule has 15 heavy (non-hydrogen) atoms. The van der Waals surface area contributed by atoms with Gasteiger partial charge in [0.05, 0.1) is 12.2 Å². The van der Waals surface area contributed by atoms with Gasteiger partial charge >= 0.3 is 0 Å². The highest BCUT2D eigenvalue weighted by Crippen LogP contribution is 2.04. The third-order valence-electron chi connectivity index (χ3n) is 1.82. The summed E-state index contributed by atoms with van der Waals surface area (Å²) in [4.78, 5) is 12.0. The van der Waals surface area contributed by atoms with E-state index < -0.39 is 6.29 Å². The Bertz CT molecular complexity index is 300. The van der Waals surface area contributed by atoms with Crippen molar-refractivity contribution in [2.45, 2.75) is 19.3 Å². The third kappa shape index (κ3) is 3.22. The smallest absolute Gasteiger partial charge is 0.265 e. The maximum atomic E-state index is 11.6. The molecule has 0 radical (unpaired) electrons. The second kappa shape index (κ2) is 5.74. The molecular weight excluding hydrogens is 218 g/mol. The molecule has 1 aromatic rings. The molecule has 1 N–H and O–H groups in total. The molecule has 84 valence electrons. The fraction of sp³-hybridized carbons (Fsp3) is 0.625. The van der Waals surface area contributed by atoms with Crippen LogP contribution in [-0.4, -0.2) is 42.0 Å². The van der Waals surface area contributed by atoms with Crippen molar-refractivity contribution in [3.63, 3.8) is 0 Å². The lowest BCUT2D eigenvalue weighted by Gasteiger charge is -2.21. The van der Waals surface area contributed by atoms with E-state index >= 15 is 0 Å². The van der Waals surface area contributed by atoms with E-state index in [4.69, 9.17) is 9.47 Å². The molecular formula is C8H13N3O3S. The van der Waals surface area contributed by atoms with Crippen LogP contribution in [0.2, 0.25) is 0 Å². The van der Waals surface area contributed by atoms with Crippen LogP contribution in [-0.2, 0) is 9.47 Å². The van der Waals surface area contributed by atoms with E-state index in [0.29, 0.717) is 4.88 Å². The number of methoxy groups -OCH3 is 2. The predicted molar refractivity (Wildman–Crippen MR) is 54.6 cm³/mol. The number of hydrogen-bond donors (Lipinski definition) is 1. The Morgan fingerprint density at radius 1 is 1.53 bits per heavy atom. The van der Waals surface area contributed by atoms with Crippen LogP contribution in [0, 0.1) is 0 Å². The monoisotopic (exact) mass is 231 g/mol. The minimum atomic E-state index is -0.463. The third-order valence-corrected chi connectivity index (χ3v) is 2.48. The fourth-order valence-electron chi connectivity index (χ4n) is 1.12. The fourth-order valence-corrected chi connectivity index (χ4v) is 1.54. The summed E-state index contributed by atoms with van der Waals surface area (Å²) in [7, 11) is 3.04. The first kappa shape index (κ1) is 12.0. The van der Waals surface area contributed by atoms with Gasteiger partial charge in [0.2, 0.25) is 0 Å². The maximum absolute atomic E-state index is 11.6. The van der Waals surface area contributed by atoms with E-state index in [1.54, 1.807) is 6.92 Å². The summed E-state index contributed by atoms with van der Waals surface area (Å²) in [5, 5.41) is 6.31. The van der Waals surface area contributed by atoms with Crippen LogP contribution < -0.4 is 5.32 Å². The van der Waals surface area contributed by atoms with Gasteiger partial charge in [-0.05, 0) is 18.5 Å². The van der Waals surface area contributed by atoms with E-state index in [-0.39, 0.29) is 11.9 Å². The Labute approximate surface area is 91.7 Å². The summed E-state index contributed by atoms with van der Waals surface area (Å²) >= 11 is 1.05. The zero-order valence-electron chi connectivity index (χ0n) is 8.76. The van der Waals surface area contributed by atoms with Gasteiger partial charge in [-0.15, -0.1) is 5.10 Å². The number of ether oxygens (including phenoxy) is 2. The first-order valence-corrected chi connectivity index (χ1v) is 5.10. The number of carbonyl (C=O) groups excluding carboxylic acids is 1. The van der Waals surface area contributed by atoms with Crippen molar-refractivity contribution in [2.24, 2.45) is 0 Å². The zero-order valence-corrected chi connectivity index (χ0v) is 9.58. The van der Waals surface area contributed by atoms with E-state index in [0.717, 1.165) is 11.5 Å². The summed E-state index contributed by atoms with van der Waals surface area (Å²) in [5.41, 5.74) is 0. The van der Waals surface area contributed by atoms with E-state index in [9.17, 15) is 4.79 Å². The van der Waals surface area contributed by atoms with Crippen LogP contribution in [0.15, 0.2) is 6.20 Å². The van der Waals surface area contributed by atoms with Crippen LogP contribution >= 0.6 is 11.5 Å². The molecule has 1 atom stereocenters. The number of amides is 1. The van der Waals surface area contributed by atoms with Crippen molar-refractivity contribution < 1.29 is 14.3 Å². The molecule has 0 aromatic carbocycles. The second-order valence-corrected chi connectivity index (χ2v) is 3.67. The number of nitrogens with one attached hydrogen (secondary N) is 1. The van der Waals surface area contributed by atoms with Gasteiger partial charge in [0.1, 0.15) is 4.88 Å². The van der Waals surface area contributed by atoms with Crippen molar-refractivity contribution in [3.8, 4) is 0 Å². The number of hydrogen-bond acceptors (Lipinski definition) is 6. The van der Waals surface area contributed by atoms with E-state index in [2.05, 4.69) is 14.9 Å². The summed E-state index contributed by atoms with van der Waals surface area (Å²) in [6, 6.07) is -0.241. The minimum Gasteiger partial charge on any atom is -0.354 e. The van der Waals surface area contributed by atoms with Gasteiger partial charge in [0, 0.05) is 14.2 Å². The minimum absolute atomic E-state index is 0.225. The quantitative estimate of drug-likeness (QED) is 0.737. The Morgan fingerprint density at radius 3 is 2.67 bits per heavy atom. The molecule has 1 amide bonds. The van der Waals surface area contributed by atoms with Crippen molar-refractivity contribution >= 4 is 17.4 Å². The number of rotatable bonds is 5. The van der Waals surface area contributed by atoms with Gasteiger partial charge in [-0.3, -0.25) is 4.79 Å². The molecule has 1 rings (SSSR count). The average Bonchev–Trinajstić information content (AvgIpc) is 2.72. The molecule has 6 nitrogen and oxygen atoms in total. The van der Waals surface area contributed by atoms with Crippen molar-refractivity contribution in [1.29, 1.82) is 0 Å². The highest BCUT2D eigenvalue weighted by molar-refractivity contribution is 7.07. The van der Waals surface area contributed by atoms with Crippen LogP contribution in [0.1, 0.15) is 16.6 Å². The van der Waals surface area contributed by atoms with Crippen LogP contribution in [0.5, 0.6) is 0 Å². The van der Waals surface area contributed by atoms with Gasteiger partial charge in [0.15, 0.2) is 6.29 Å². The second-order valence-electron chi connectivity index (χ2n) is 2.88. The maximum Gasteiger partial charge on any atom is 0.265 e. The largest absolute Gasteiger partial charge is 0.354 e. The summed E-state index contributed by atoms with van der Waals surface area (Å²) in [6.07, 6.45) is 0.955. The lowest BCUT2D eigenvalue weighted by Crippen LogP contribution is -2.42. The van der Waals surface area contributed by atoms with Gasteiger partial charge in [-0.2, -0.15) is 0 Å². The standard InChI is InChI=1S/C8H13N3O3S/c1-5(8(13-2)14-3)10-7(12)6-4-9-11-15-6/h4-5,8H,1-3H3,(H,10,12). The molecule has 7 heteroatoms. The normalized spacial score (nSPS) is 12.8. The molecule has 0 aliphatic heterocycles. The molecule has 0 aliphatic rings. The van der Waals surface area contributed by atoms with Crippen molar-refractivity contribution in [2.75, 3.05) is 14.2 Å². The Morgan fingerprint density at radius 2 is 2.20 bits per heavy atom. The Balaban J connectivity index is 2.51. The highest BCUT2D eigenvalue weighted by Gasteiger charge is 2.19. The van der Waals surface area contributed by atoms with Crippen molar-refractivity contribution in [3.05, 3.63) is 11.1 Å². The summed E-state index contributed by atoms with van der Waals surface area (Å²) in [5.74, 6) is -0.225. The summed E-state index contributed by atoms with van der Waals surface area (Å²) < 4.78 is 13.6. The number of aromatic nitrogens is 2. The predicted octanol–water partition coefficient (Wildman–Crippen LogP) is 0.275. The van der Waals surface area contributed by atoms with Crippen LogP contribution in [0.3, 0.4) is 0 Å². The first-order chi connectivity index (χ1) is 7.19. The number of nitrogens with zero attached hydrogens (tertiary/aromatic N) is 2. The molecule has 0 saturated carbocycles. The molecule has 1 aromatic heterocycles. The highest BCUT2D eigenvalue weighted by atomic mass is 32.1. The molecule has 1 unspecified atom stereocenters. The van der Waals surface area contributed by atoms with Crippen molar-refractivity contribution in [1.82, 2.24) is 14.9 Å². The number of carbonyl (C=O) groups is 1. The molecule has 0 aliphatic carbocycles. The van der Waals surface area contributed by atoms with Gasteiger partial charge in [0.25, 0.3) is 5.91 Å². The molecule has 0 bridgehead atoms. The zero-order chi connectivity index (χ0) is 11.3. The SMILES string of the molecule is COC(OC)C(C)NC(=O)c1cnns1. The van der Waals surface area contributed by atoms with Gasteiger partial charge in [-0.1, -0.05) is 4.49 Å². The Kier molecular flexibility index (Phi) is 4.60. The topological polar surface area (TPSA) is 73.3 Å². The van der Waals surface area contributed by atoms with E-state index in [1.807, 2.05) is 0 Å². The average molecular weight is 231 g/mol. The lowest BCUT2D eigenvalue weighted by atomic mass is 10.3. The first-order valence-electron chi connectivity index (χ1n) is 4.32. The Hall–Kier alpha value is -1.05. The van der Waals surface area contributed by atoms with Crippen LogP contribution in [0.4, 0.5) is 0 Å². The summed E-state index contributed by atoms with van der Waals surface area (Å²) in [6.45, 7) is 1.80. The van der Waals surface area contributed by atoms with Crippen LogP contribution in [0.25, 0.3) is 0 Å². The molecule has 0 saturated heterocycles. The molecule has 0 fully saturated rings. The lowest BCUT2D eigenvalue weighted by molar-refractivity contribution is -0.117. The van der Waals surface area contributed by atoms with Gasteiger partial charge in [-0.25, -0.2) is 0 Å². The van der Waals surface area contributed by atoms with Gasteiger partial charge < -0.3 is 14.8 Å². The molecule has 0 spiro atoms.